The van der Waals surface area contributed by atoms with Gasteiger partial charge in [0, 0.05) is 17.3 Å². The van der Waals surface area contributed by atoms with Gasteiger partial charge in [-0.25, -0.2) is 0 Å². The Hall–Kier alpha value is -4.31. The maximum absolute atomic E-state index is 12.7. The topological polar surface area (TPSA) is 115 Å². The molecule has 0 radical (unpaired) electrons. The fraction of sp³-hybridized carbons (Fsp3) is 0.0857. The van der Waals surface area contributed by atoms with Crippen molar-refractivity contribution in [2.75, 3.05) is 0 Å². The number of rotatable bonds is 10. The molecule has 0 spiro atoms. The zero-order valence-electron chi connectivity index (χ0n) is 23.3. The van der Waals surface area contributed by atoms with Crippen molar-refractivity contribution in [1.82, 2.24) is 0 Å². The predicted octanol–water partition coefficient (Wildman–Crippen LogP) is 7.77. The van der Waals surface area contributed by atoms with Crippen LogP contribution in [0.25, 0.3) is 11.1 Å². The van der Waals surface area contributed by atoms with E-state index in [1.54, 1.807) is 18.2 Å². The third-order valence-corrected chi connectivity index (χ3v) is 10.1. The molecule has 222 valence electrons. The lowest BCUT2D eigenvalue weighted by molar-refractivity contribution is 0.393. The minimum absolute atomic E-state index is 0.368. The third-order valence-electron chi connectivity index (χ3n) is 6.74. The molecular formula is C35H28O6S3. The van der Waals surface area contributed by atoms with Crippen molar-refractivity contribution in [3.8, 4) is 34.1 Å². The van der Waals surface area contributed by atoms with E-state index in [2.05, 4.69) is 0 Å². The second-order valence-electron chi connectivity index (χ2n) is 9.79. The number of hydrogen-bond donors (Lipinski definition) is 4. The van der Waals surface area contributed by atoms with Gasteiger partial charge in [0.05, 0.1) is 14.7 Å². The van der Waals surface area contributed by atoms with Crippen LogP contribution in [-0.4, -0.2) is 20.4 Å². The highest BCUT2D eigenvalue weighted by atomic mass is 32.2. The van der Waals surface area contributed by atoms with Crippen LogP contribution in [-0.2, 0) is 17.3 Å². The molecule has 44 heavy (non-hydrogen) atoms. The Balaban J connectivity index is 1.21. The van der Waals surface area contributed by atoms with Gasteiger partial charge in [-0.05, 0) is 52.1 Å². The van der Waals surface area contributed by atoms with Gasteiger partial charge in [0.2, 0.25) is 22.4 Å². The molecule has 0 bridgehead atoms. The van der Waals surface area contributed by atoms with E-state index in [1.165, 1.54) is 47.4 Å². The van der Waals surface area contributed by atoms with Gasteiger partial charge in [-0.15, -0.1) is 35.3 Å². The molecule has 9 heteroatoms. The molecule has 0 amide bonds. The van der Waals surface area contributed by atoms with E-state index in [4.69, 9.17) is 0 Å². The maximum atomic E-state index is 12.7. The van der Waals surface area contributed by atoms with Crippen LogP contribution >= 0.6 is 35.3 Å². The highest BCUT2D eigenvalue weighted by Gasteiger charge is 2.14. The first kappa shape index (κ1) is 31.1. The van der Waals surface area contributed by atoms with Crippen molar-refractivity contribution in [1.29, 1.82) is 0 Å². The Morgan fingerprint density at radius 1 is 0.409 bits per heavy atom. The summed E-state index contributed by atoms with van der Waals surface area (Å²) in [6.45, 7) is 0. The van der Waals surface area contributed by atoms with Gasteiger partial charge in [0.25, 0.3) is 0 Å². The molecular weight excluding hydrogens is 613 g/mol. The van der Waals surface area contributed by atoms with Crippen molar-refractivity contribution in [2.45, 2.75) is 31.9 Å². The molecule has 5 aromatic rings. The Kier molecular flexibility index (Phi) is 10.2. The lowest BCUT2D eigenvalue weighted by Gasteiger charge is -2.07. The first-order chi connectivity index (χ1) is 21.3. The first-order valence-corrected chi connectivity index (χ1v) is 16.5. The molecule has 0 saturated carbocycles. The number of thioether (sulfide) groups is 3. The van der Waals surface area contributed by atoms with E-state index in [0.717, 1.165) is 27.8 Å². The molecule has 4 N–H and O–H groups in total. The Morgan fingerprint density at radius 3 is 1.43 bits per heavy atom. The fourth-order valence-corrected chi connectivity index (χ4v) is 6.99. The van der Waals surface area contributed by atoms with E-state index < -0.39 is 33.9 Å². The smallest absolute Gasteiger partial charge is 0.237 e. The zero-order chi connectivity index (χ0) is 31.1. The maximum Gasteiger partial charge on any atom is 0.237 e. The lowest BCUT2D eigenvalue weighted by atomic mass is 10.0. The van der Waals surface area contributed by atoms with E-state index in [-0.39, 0.29) is 0 Å². The van der Waals surface area contributed by atoms with E-state index >= 15 is 0 Å². The van der Waals surface area contributed by atoms with Crippen LogP contribution in [0, 0.1) is 0 Å². The summed E-state index contributed by atoms with van der Waals surface area (Å²) in [5.41, 5.74) is 3.92. The summed E-state index contributed by atoms with van der Waals surface area (Å²) in [5, 5.41) is 40.9. The van der Waals surface area contributed by atoms with Crippen LogP contribution in [0.3, 0.4) is 0 Å². The van der Waals surface area contributed by atoms with Crippen LogP contribution in [0.4, 0.5) is 0 Å². The Bertz CT molecular complexity index is 1880. The molecule has 0 aliphatic heterocycles. The van der Waals surface area contributed by atoms with Gasteiger partial charge in [-0.3, -0.25) is 9.59 Å². The fourth-order valence-electron chi connectivity index (χ4n) is 4.25. The molecule has 0 aliphatic carbocycles. The first-order valence-electron chi connectivity index (χ1n) is 13.5. The van der Waals surface area contributed by atoms with Crippen molar-refractivity contribution in [3.63, 3.8) is 0 Å². The normalized spacial score (nSPS) is 10.9. The zero-order valence-corrected chi connectivity index (χ0v) is 25.8. The third kappa shape index (κ3) is 7.60. The summed E-state index contributed by atoms with van der Waals surface area (Å²) in [6, 6.07) is 33.4. The minimum atomic E-state index is -0.651. The standard InChI is InChI=1S/C35H28O6S3/c36-27-7-4-8-28(32(38)31(27)37)42-20-23-9-13-25(14-10-23)26-15-11-24(12-16-26)21-44-30-18-17-29(33(39)35(41)34(30)40)43-19-22-5-2-1-3-6-22/h1-18H,19-21H2,(H2,36,37,38)(H2,39,40,41). The van der Waals surface area contributed by atoms with Crippen LogP contribution in [0.5, 0.6) is 23.0 Å². The second-order valence-corrected chi connectivity index (χ2v) is 12.8. The summed E-state index contributed by atoms with van der Waals surface area (Å²) >= 11 is 3.98. The molecule has 0 aliphatic rings. The lowest BCUT2D eigenvalue weighted by Crippen LogP contribution is -1.99. The van der Waals surface area contributed by atoms with Gasteiger partial charge in [-0.1, -0.05) is 84.9 Å². The Morgan fingerprint density at radius 2 is 0.864 bits per heavy atom. The van der Waals surface area contributed by atoms with Crippen molar-refractivity contribution in [3.05, 3.63) is 146 Å². The van der Waals surface area contributed by atoms with E-state index in [9.17, 15) is 30.0 Å². The molecule has 5 rings (SSSR count). The summed E-state index contributed by atoms with van der Waals surface area (Å²) in [5.74, 6) is -0.472. The average molecular weight is 641 g/mol. The quantitative estimate of drug-likeness (QED) is 0.114. The van der Waals surface area contributed by atoms with E-state index in [0.29, 0.717) is 31.9 Å². The van der Waals surface area contributed by atoms with Gasteiger partial charge < -0.3 is 20.4 Å². The molecule has 0 saturated heterocycles. The van der Waals surface area contributed by atoms with Crippen LogP contribution < -0.4 is 10.9 Å². The van der Waals surface area contributed by atoms with E-state index in [1.807, 2.05) is 78.9 Å². The highest BCUT2D eigenvalue weighted by Crippen LogP contribution is 2.37. The second kappa shape index (κ2) is 14.4. The molecule has 0 heterocycles. The molecule has 0 unspecified atom stereocenters. The van der Waals surface area contributed by atoms with Gasteiger partial charge >= 0.3 is 0 Å². The summed E-state index contributed by atoms with van der Waals surface area (Å²) < 4.78 is 0. The predicted molar refractivity (Wildman–Crippen MR) is 179 cm³/mol. The number of hydrogen-bond acceptors (Lipinski definition) is 9. The molecule has 0 aromatic heterocycles. The molecule has 0 fully saturated rings. The number of benzene rings is 3. The summed E-state index contributed by atoms with van der Waals surface area (Å²) in [4.78, 5) is 25.5. The van der Waals surface area contributed by atoms with Crippen molar-refractivity contribution >= 4 is 35.3 Å². The van der Waals surface area contributed by atoms with Crippen LogP contribution in [0.15, 0.2) is 133 Å². The molecule has 0 atom stereocenters. The van der Waals surface area contributed by atoms with Gasteiger partial charge in [0.1, 0.15) is 0 Å². The average Bonchev–Trinajstić information content (AvgIpc) is 3.24. The summed E-state index contributed by atoms with van der Waals surface area (Å²) in [6.07, 6.45) is 0. The Labute approximate surface area is 267 Å². The highest BCUT2D eigenvalue weighted by molar-refractivity contribution is 7.99. The largest absolute Gasteiger partial charge is 0.503 e. The monoisotopic (exact) mass is 640 g/mol. The van der Waals surface area contributed by atoms with Gasteiger partial charge in [-0.2, -0.15) is 0 Å². The summed E-state index contributed by atoms with van der Waals surface area (Å²) in [7, 11) is 0. The number of aromatic hydroxyl groups is 4. The minimum Gasteiger partial charge on any atom is -0.503 e. The van der Waals surface area contributed by atoms with Crippen LogP contribution in [0.1, 0.15) is 16.7 Å². The SMILES string of the molecule is O=c1cccc(SCc2ccc(-c3ccc(CSc4ccc(SCc5ccccc5)c(=O)c(O)c4O)cc3)cc2)c(O)c1O. The molecule has 6 nitrogen and oxygen atoms in total. The van der Waals surface area contributed by atoms with Gasteiger partial charge in [0.15, 0.2) is 11.5 Å². The van der Waals surface area contributed by atoms with Crippen LogP contribution in [0.2, 0.25) is 0 Å². The molecule has 5 aromatic carbocycles. The van der Waals surface area contributed by atoms with Crippen molar-refractivity contribution < 1.29 is 20.4 Å². The van der Waals surface area contributed by atoms with Crippen molar-refractivity contribution in [2.24, 2.45) is 0 Å².